The maximum Gasteiger partial charge on any atom is 0.247 e. The van der Waals surface area contributed by atoms with Crippen molar-refractivity contribution in [2.24, 2.45) is 0 Å². The van der Waals surface area contributed by atoms with E-state index in [0.29, 0.717) is 30.0 Å². The number of amides is 4. The number of nitrogens with zero attached hydrogens (tertiary/aromatic N) is 3. The molecule has 11 nitrogen and oxygen atoms in total. The molecule has 0 radical (unpaired) electrons. The lowest BCUT2D eigenvalue weighted by molar-refractivity contribution is -0.136. The number of likely N-dealkylation sites (tertiary alicyclic amines) is 2. The second kappa shape index (κ2) is 15.4. The molecule has 264 valence electrons. The molecule has 2 saturated heterocycles. The number of H-pyrrole nitrogens is 1. The van der Waals surface area contributed by atoms with Crippen LogP contribution in [0.2, 0.25) is 0 Å². The Balaban J connectivity index is 0.965. The molecule has 11 heteroatoms. The normalized spacial score (nSPS) is 18.3. The molecule has 5 aromatic rings. The van der Waals surface area contributed by atoms with E-state index in [9.17, 15) is 24.3 Å². The molecule has 2 aliphatic heterocycles. The Hall–Kier alpha value is -6.07. The number of carbonyl (C=O) groups is 4. The van der Waals surface area contributed by atoms with Gasteiger partial charge in [-0.05, 0) is 48.2 Å². The van der Waals surface area contributed by atoms with Crippen molar-refractivity contribution in [3.8, 4) is 22.5 Å². The topological polar surface area (TPSA) is 148 Å². The maximum absolute atomic E-state index is 13.3. The summed E-state index contributed by atoms with van der Waals surface area (Å²) in [5.74, 6) is -0.798. The number of aromatic amines is 1. The second-order valence-electron chi connectivity index (χ2n) is 13.3. The number of carbonyl (C=O) groups excluding carboxylic acids is 4. The van der Waals surface area contributed by atoms with Gasteiger partial charge < -0.3 is 30.5 Å². The third-order valence-electron chi connectivity index (χ3n) is 9.68. The van der Waals surface area contributed by atoms with E-state index in [-0.39, 0.29) is 49.4 Å². The Morgan fingerprint density at radius 2 is 1.23 bits per heavy atom. The van der Waals surface area contributed by atoms with Crippen LogP contribution in [0, 0.1) is 0 Å². The van der Waals surface area contributed by atoms with Gasteiger partial charge in [-0.1, -0.05) is 84.9 Å². The highest BCUT2D eigenvalue weighted by atomic mass is 16.3. The Morgan fingerprint density at radius 1 is 0.692 bits per heavy atom. The average Bonchev–Trinajstić information content (AvgIpc) is 3.94. The molecule has 52 heavy (non-hydrogen) atoms. The van der Waals surface area contributed by atoms with Gasteiger partial charge >= 0.3 is 0 Å². The number of β-amino-alcohol motifs (C(OH)–C–C–N with tert-alkyl or cyclic N) is 1. The number of benzene rings is 4. The smallest absolute Gasteiger partial charge is 0.247 e. The largest absolute Gasteiger partial charge is 0.391 e. The number of hydrogen-bond acceptors (Lipinski definition) is 6. The summed E-state index contributed by atoms with van der Waals surface area (Å²) < 4.78 is 0. The predicted octanol–water partition coefficient (Wildman–Crippen LogP) is 5.06. The number of anilines is 2. The predicted molar refractivity (Wildman–Crippen MR) is 198 cm³/mol. The van der Waals surface area contributed by atoms with Crippen LogP contribution in [0.25, 0.3) is 22.5 Å². The number of imidazole rings is 1. The lowest BCUT2D eigenvalue weighted by Crippen LogP contribution is -2.43. The molecule has 3 atom stereocenters. The van der Waals surface area contributed by atoms with Gasteiger partial charge in [-0.2, -0.15) is 0 Å². The van der Waals surface area contributed by atoms with Crippen LogP contribution in [0.5, 0.6) is 0 Å². The number of aromatic nitrogens is 2. The third kappa shape index (κ3) is 7.79. The van der Waals surface area contributed by atoms with Crippen LogP contribution >= 0.6 is 0 Å². The first-order valence-electron chi connectivity index (χ1n) is 17.5. The third-order valence-corrected chi connectivity index (χ3v) is 9.68. The maximum atomic E-state index is 13.3. The molecule has 0 spiro atoms. The molecule has 4 amide bonds. The van der Waals surface area contributed by atoms with Gasteiger partial charge in [0.2, 0.25) is 23.6 Å². The lowest BCUT2D eigenvalue weighted by Gasteiger charge is -2.24. The van der Waals surface area contributed by atoms with E-state index in [0.717, 1.165) is 34.4 Å². The van der Waals surface area contributed by atoms with Crippen LogP contribution < -0.4 is 10.6 Å². The highest BCUT2D eigenvalue weighted by Gasteiger charge is 2.39. The average molecular weight is 697 g/mol. The Kier molecular flexibility index (Phi) is 10.2. The van der Waals surface area contributed by atoms with Crippen molar-refractivity contribution in [2.75, 3.05) is 23.7 Å². The summed E-state index contributed by atoms with van der Waals surface area (Å²) in [7, 11) is 0. The van der Waals surface area contributed by atoms with Gasteiger partial charge in [0.15, 0.2) is 0 Å². The van der Waals surface area contributed by atoms with Crippen molar-refractivity contribution < 1.29 is 24.3 Å². The molecule has 0 saturated carbocycles. The van der Waals surface area contributed by atoms with Crippen molar-refractivity contribution in [3.05, 3.63) is 127 Å². The standard InChI is InChI=1S/C41H40N6O5/c48-33-24-35(47(25-33)37(50)23-28-10-5-2-6-11-28)41(52)45-32-19-15-30(16-20-32)39-38(42-26-43-39)29-13-17-31(18-14-29)44-40(51)34-12-7-21-46(34)36(49)22-27-8-3-1-4-9-27/h1-6,8-11,13-20,26,33-35,48H,7,12,21-25H2,(H,42,43)(H,44,51)(H,45,52)/t33-,34+,35+/m1/s1. The van der Waals surface area contributed by atoms with Crippen LogP contribution in [-0.2, 0) is 32.0 Å². The van der Waals surface area contributed by atoms with Crippen LogP contribution in [0.15, 0.2) is 116 Å². The zero-order chi connectivity index (χ0) is 36.0. The molecular formula is C41H40N6O5. The van der Waals surface area contributed by atoms with E-state index in [1.165, 1.54) is 4.90 Å². The summed E-state index contributed by atoms with van der Waals surface area (Å²) in [6.07, 6.45) is 2.87. The van der Waals surface area contributed by atoms with Gasteiger partial charge in [0.05, 0.1) is 36.7 Å². The zero-order valence-electron chi connectivity index (χ0n) is 28.6. The fraction of sp³-hybridized carbons (Fsp3) is 0.244. The molecule has 0 unspecified atom stereocenters. The number of rotatable bonds is 10. The summed E-state index contributed by atoms with van der Waals surface area (Å²) in [5.41, 5.74) is 6.16. The van der Waals surface area contributed by atoms with Crippen molar-refractivity contribution in [1.82, 2.24) is 19.8 Å². The van der Waals surface area contributed by atoms with E-state index in [1.807, 2.05) is 97.1 Å². The second-order valence-corrected chi connectivity index (χ2v) is 13.3. The van der Waals surface area contributed by atoms with Gasteiger partial charge in [-0.25, -0.2) is 4.98 Å². The highest BCUT2D eigenvalue weighted by Crippen LogP contribution is 2.31. The zero-order valence-corrected chi connectivity index (χ0v) is 28.6. The van der Waals surface area contributed by atoms with Crippen molar-refractivity contribution in [3.63, 3.8) is 0 Å². The van der Waals surface area contributed by atoms with E-state index in [1.54, 1.807) is 23.4 Å². The SMILES string of the molecule is O=C(Nc1ccc(-c2[nH]cnc2-c2ccc(NC(=O)[C@@H]3C[C@@H](O)CN3C(=O)Cc3ccccc3)cc2)cc1)[C@@H]1CCCN1C(=O)Cc1ccccc1. The quantitative estimate of drug-likeness (QED) is 0.161. The van der Waals surface area contributed by atoms with E-state index in [4.69, 9.17) is 0 Å². The molecule has 4 N–H and O–H groups in total. The van der Waals surface area contributed by atoms with Gasteiger partial charge in [0.1, 0.15) is 12.1 Å². The fourth-order valence-corrected chi connectivity index (χ4v) is 7.04. The van der Waals surface area contributed by atoms with Crippen LogP contribution in [0.4, 0.5) is 11.4 Å². The van der Waals surface area contributed by atoms with Gasteiger partial charge in [0.25, 0.3) is 0 Å². The molecule has 0 aliphatic carbocycles. The summed E-state index contributed by atoms with van der Waals surface area (Å²) in [4.78, 5) is 63.5. The first-order valence-corrected chi connectivity index (χ1v) is 17.5. The van der Waals surface area contributed by atoms with E-state index < -0.39 is 18.2 Å². The van der Waals surface area contributed by atoms with E-state index >= 15 is 0 Å². The number of nitrogens with one attached hydrogen (secondary N) is 3. The monoisotopic (exact) mass is 696 g/mol. The first-order chi connectivity index (χ1) is 25.3. The lowest BCUT2D eigenvalue weighted by atomic mass is 10.0. The number of aliphatic hydroxyl groups is 1. The van der Waals surface area contributed by atoms with Crippen molar-refractivity contribution in [2.45, 2.75) is 50.3 Å². The Bertz CT molecular complexity index is 2030. The molecule has 4 aromatic carbocycles. The molecule has 7 rings (SSSR count). The molecular weight excluding hydrogens is 656 g/mol. The molecule has 3 heterocycles. The van der Waals surface area contributed by atoms with Crippen LogP contribution in [0.1, 0.15) is 30.4 Å². The summed E-state index contributed by atoms with van der Waals surface area (Å²) in [6.45, 7) is 0.686. The summed E-state index contributed by atoms with van der Waals surface area (Å²) in [6, 6.07) is 32.4. The summed E-state index contributed by atoms with van der Waals surface area (Å²) >= 11 is 0. The number of aliphatic hydroxyl groups excluding tert-OH is 1. The minimum Gasteiger partial charge on any atom is -0.391 e. The number of hydrogen-bond donors (Lipinski definition) is 4. The van der Waals surface area contributed by atoms with Gasteiger partial charge in [0, 0.05) is 42.0 Å². The van der Waals surface area contributed by atoms with Crippen molar-refractivity contribution in [1.29, 1.82) is 0 Å². The highest BCUT2D eigenvalue weighted by molar-refractivity contribution is 5.99. The summed E-state index contributed by atoms with van der Waals surface area (Å²) in [5, 5.41) is 16.2. The molecule has 2 aliphatic rings. The molecule has 2 fully saturated rings. The van der Waals surface area contributed by atoms with Crippen LogP contribution in [-0.4, -0.2) is 79.8 Å². The first kappa shape index (κ1) is 34.4. The van der Waals surface area contributed by atoms with Crippen molar-refractivity contribution >= 4 is 35.0 Å². The van der Waals surface area contributed by atoms with Gasteiger partial charge in [-0.15, -0.1) is 0 Å². The van der Waals surface area contributed by atoms with E-state index in [2.05, 4.69) is 20.6 Å². The molecule has 0 bridgehead atoms. The van der Waals surface area contributed by atoms with Crippen LogP contribution in [0.3, 0.4) is 0 Å². The minimum absolute atomic E-state index is 0.0484. The Morgan fingerprint density at radius 3 is 1.83 bits per heavy atom. The minimum atomic E-state index is -0.768. The Labute approximate surface area is 301 Å². The fourth-order valence-electron chi connectivity index (χ4n) is 7.04. The van der Waals surface area contributed by atoms with Gasteiger partial charge in [-0.3, -0.25) is 19.2 Å². The molecule has 1 aromatic heterocycles.